The van der Waals surface area contributed by atoms with Crippen molar-refractivity contribution in [1.82, 2.24) is 10.6 Å². The van der Waals surface area contributed by atoms with Crippen molar-refractivity contribution in [2.75, 3.05) is 26.7 Å². The standard InChI is InChI=1S/C18H26F2N2O3/c1-24-15-4-2-14(12-16(15)25-18(19)20)8-11-22-17(23)5-3-13-6-9-21-10-7-13/h2,4,12-13,18,21H,3,5-11H2,1H3,(H,22,23). The average molecular weight is 356 g/mol. The third kappa shape index (κ3) is 6.86. The molecule has 1 aromatic rings. The summed E-state index contributed by atoms with van der Waals surface area (Å²) in [5.41, 5.74) is 0.801. The number of piperidine rings is 1. The van der Waals surface area contributed by atoms with Gasteiger partial charge in [-0.3, -0.25) is 4.79 Å². The minimum absolute atomic E-state index is 0.00670. The van der Waals surface area contributed by atoms with Gasteiger partial charge in [-0.1, -0.05) is 6.07 Å². The first-order valence-corrected chi connectivity index (χ1v) is 8.67. The molecule has 0 atom stereocenters. The van der Waals surface area contributed by atoms with Gasteiger partial charge >= 0.3 is 6.61 Å². The molecule has 1 heterocycles. The van der Waals surface area contributed by atoms with Crippen LogP contribution in [0.4, 0.5) is 8.78 Å². The van der Waals surface area contributed by atoms with Gasteiger partial charge in [0.05, 0.1) is 7.11 Å². The van der Waals surface area contributed by atoms with Gasteiger partial charge in [-0.2, -0.15) is 8.78 Å². The van der Waals surface area contributed by atoms with Gasteiger partial charge in [0, 0.05) is 13.0 Å². The Labute approximate surface area is 147 Å². The van der Waals surface area contributed by atoms with Crippen molar-refractivity contribution in [2.24, 2.45) is 5.92 Å². The molecule has 1 aliphatic heterocycles. The Morgan fingerprint density at radius 3 is 2.76 bits per heavy atom. The number of carbonyl (C=O) groups is 1. The molecule has 0 bridgehead atoms. The third-order valence-corrected chi connectivity index (χ3v) is 4.42. The lowest BCUT2D eigenvalue weighted by atomic mass is 9.93. The van der Waals surface area contributed by atoms with Crippen molar-refractivity contribution in [3.05, 3.63) is 23.8 Å². The highest BCUT2D eigenvalue weighted by Gasteiger charge is 2.14. The maximum atomic E-state index is 12.4. The van der Waals surface area contributed by atoms with E-state index in [1.165, 1.54) is 13.2 Å². The highest BCUT2D eigenvalue weighted by atomic mass is 19.3. The lowest BCUT2D eigenvalue weighted by molar-refractivity contribution is -0.121. The number of hydrogen-bond acceptors (Lipinski definition) is 4. The van der Waals surface area contributed by atoms with E-state index < -0.39 is 6.61 Å². The number of hydrogen-bond donors (Lipinski definition) is 2. The zero-order valence-corrected chi connectivity index (χ0v) is 14.5. The quantitative estimate of drug-likeness (QED) is 0.714. The Hall–Kier alpha value is -1.89. The summed E-state index contributed by atoms with van der Waals surface area (Å²) < 4.78 is 34.3. The lowest BCUT2D eigenvalue weighted by Crippen LogP contribution is -2.30. The van der Waals surface area contributed by atoms with Gasteiger partial charge < -0.3 is 20.1 Å². The molecule has 0 unspecified atom stereocenters. The molecule has 25 heavy (non-hydrogen) atoms. The molecule has 0 radical (unpaired) electrons. The summed E-state index contributed by atoms with van der Waals surface area (Å²) in [4.78, 5) is 11.9. The number of methoxy groups -OCH3 is 1. The van der Waals surface area contributed by atoms with Crippen LogP contribution in [0.2, 0.25) is 0 Å². The number of halogens is 2. The first-order valence-electron chi connectivity index (χ1n) is 8.67. The molecule has 140 valence electrons. The zero-order chi connectivity index (χ0) is 18.1. The molecule has 0 aliphatic carbocycles. The molecule has 5 nitrogen and oxygen atoms in total. The molecular formula is C18H26F2N2O3. The predicted octanol–water partition coefficient (Wildman–Crippen LogP) is 2.74. The molecule has 2 rings (SSSR count). The van der Waals surface area contributed by atoms with E-state index in [0.29, 0.717) is 25.3 Å². The summed E-state index contributed by atoms with van der Waals surface area (Å²) in [6.07, 6.45) is 4.26. The van der Waals surface area contributed by atoms with E-state index in [9.17, 15) is 13.6 Å². The molecule has 1 aromatic carbocycles. The summed E-state index contributed by atoms with van der Waals surface area (Å²) in [7, 11) is 1.40. The highest BCUT2D eigenvalue weighted by molar-refractivity contribution is 5.75. The predicted molar refractivity (Wildman–Crippen MR) is 91.2 cm³/mol. The Morgan fingerprint density at radius 2 is 2.08 bits per heavy atom. The number of rotatable bonds is 9. The monoisotopic (exact) mass is 356 g/mol. The van der Waals surface area contributed by atoms with Gasteiger partial charge in [0.2, 0.25) is 5.91 Å². The van der Waals surface area contributed by atoms with Crippen LogP contribution in [0, 0.1) is 5.92 Å². The second-order valence-electron chi connectivity index (χ2n) is 6.20. The molecule has 1 aliphatic rings. The Bertz CT molecular complexity index is 549. The Morgan fingerprint density at radius 1 is 1.32 bits per heavy atom. The van der Waals surface area contributed by atoms with Crippen molar-refractivity contribution < 1.29 is 23.0 Å². The normalized spacial score (nSPS) is 15.2. The van der Waals surface area contributed by atoms with Crippen LogP contribution in [0.3, 0.4) is 0 Å². The van der Waals surface area contributed by atoms with E-state index in [1.54, 1.807) is 12.1 Å². The van der Waals surface area contributed by atoms with E-state index in [1.807, 2.05) is 0 Å². The fraction of sp³-hybridized carbons (Fsp3) is 0.611. The first-order chi connectivity index (χ1) is 12.1. The van der Waals surface area contributed by atoms with Crippen molar-refractivity contribution in [1.29, 1.82) is 0 Å². The Balaban J connectivity index is 1.73. The maximum Gasteiger partial charge on any atom is 0.387 e. The van der Waals surface area contributed by atoms with Crippen LogP contribution in [0.5, 0.6) is 11.5 Å². The van der Waals surface area contributed by atoms with Gasteiger partial charge in [0.15, 0.2) is 11.5 Å². The van der Waals surface area contributed by atoms with Crippen molar-refractivity contribution >= 4 is 5.91 Å². The van der Waals surface area contributed by atoms with E-state index in [0.717, 1.165) is 37.9 Å². The van der Waals surface area contributed by atoms with Crippen LogP contribution >= 0.6 is 0 Å². The zero-order valence-electron chi connectivity index (χ0n) is 14.5. The maximum absolute atomic E-state index is 12.4. The third-order valence-electron chi connectivity index (χ3n) is 4.42. The first kappa shape index (κ1) is 19.4. The number of ether oxygens (including phenoxy) is 2. The molecule has 0 aromatic heterocycles. The fourth-order valence-corrected chi connectivity index (χ4v) is 3.00. The summed E-state index contributed by atoms with van der Waals surface area (Å²) in [5.74, 6) is 0.932. The highest BCUT2D eigenvalue weighted by Crippen LogP contribution is 2.29. The average Bonchev–Trinajstić information content (AvgIpc) is 2.60. The summed E-state index contributed by atoms with van der Waals surface area (Å²) in [6.45, 7) is -0.371. The topological polar surface area (TPSA) is 59.6 Å². The van der Waals surface area contributed by atoms with E-state index in [-0.39, 0.29) is 17.4 Å². The van der Waals surface area contributed by atoms with Crippen LogP contribution in [0.25, 0.3) is 0 Å². The largest absolute Gasteiger partial charge is 0.493 e. The van der Waals surface area contributed by atoms with Gasteiger partial charge in [-0.25, -0.2) is 0 Å². The molecule has 0 spiro atoms. The number of nitrogens with one attached hydrogen (secondary N) is 2. The van der Waals surface area contributed by atoms with E-state index in [2.05, 4.69) is 15.4 Å². The Kier molecular flexibility index (Phi) is 7.91. The second kappa shape index (κ2) is 10.2. The smallest absolute Gasteiger partial charge is 0.387 e. The van der Waals surface area contributed by atoms with Gasteiger partial charge in [0.25, 0.3) is 0 Å². The van der Waals surface area contributed by atoms with Crippen molar-refractivity contribution in [2.45, 2.75) is 38.7 Å². The second-order valence-corrected chi connectivity index (χ2v) is 6.20. The molecule has 1 saturated heterocycles. The molecule has 1 amide bonds. The van der Waals surface area contributed by atoms with Crippen LogP contribution < -0.4 is 20.1 Å². The van der Waals surface area contributed by atoms with Crippen LogP contribution in [0.15, 0.2) is 18.2 Å². The minimum Gasteiger partial charge on any atom is -0.493 e. The summed E-state index contributed by atoms with van der Waals surface area (Å²) in [6, 6.07) is 4.89. The van der Waals surface area contributed by atoms with Gasteiger partial charge in [-0.15, -0.1) is 0 Å². The van der Waals surface area contributed by atoms with Gasteiger partial charge in [-0.05, 0) is 62.4 Å². The fourth-order valence-electron chi connectivity index (χ4n) is 3.00. The number of carbonyl (C=O) groups excluding carboxylic acids is 1. The molecular weight excluding hydrogens is 330 g/mol. The number of alkyl halides is 2. The van der Waals surface area contributed by atoms with E-state index >= 15 is 0 Å². The SMILES string of the molecule is COc1ccc(CCNC(=O)CCC2CCNCC2)cc1OC(F)F. The van der Waals surface area contributed by atoms with Gasteiger partial charge in [0.1, 0.15) is 0 Å². The molecule has 2 N–H and O–H groups in total. The van der Waals surface area contributed by atoms with E-state index in [4.69, 9.17) is 4.74 Å². The summed E-state index contributed by atoms with van der Waals surface area (Å²) in [5, 5.41) is 6.20. The van der Waals surface area contributed by atoms with Crippen LogP contribution in [-0.4, -0.2) is 39.3 Å². The number of benzene rings is 1. The minimum atomic E-state index is -2.90. The molecule has 0 saturated carbocycles. The lowest BCUT2D eigenvalue weighted by Gasteiger charge is -2.22. The molecule has 1 fully saturated rings. The van der Waals surface area contributed by atoms with Crippen molar-refractivity contribution in [3.8, 4) is 11.5 Å². The van der Waals surface area contributed by atoms with Crippen molar-refractivity contribution in [3.63, 3.8) is 0 Å². The van der Waals surface area contributed by atoms with Crippen LogP contribution in [-0.2, 0) is 11.2 Å². The molecule has 7 heteroatoms. The van der Waals surface area contributed by atoms with Crippen LogP contribution in [0.1, 0.15) is 31.2 Å². The number of amides is 1. The summed E-state index contributed by atoms with van der Waals surface area (Å²) >= 11 is 0.